The molecule has 0 saturated carbocycles. The van der Waals surface area contributed by atoms with E-state index in [-0.39, 0.29) is 0 Å². The number of hydrogen-bond acceptors (Lipinski definition) is 1. The number of nitrogens with one attached hydrogen (secondary N) is 1. The van der Waals surface area contributed by atoms with E-state index in [2.05, 4.69) is 30.1 Å². The summed E-state index contributed by atoms with van der Waals surface area (Å²) in [5, 5.41) is 2.33. The van der Waals surface area contributed by atoms with Crippen molar-refractivity contribution in [3.8, 4) is 11.3 Å². The van der Waals surface area contributed by atoms with Crippen LogP contribution in [-0.2, 0) is 0 Å². The molecule has 18 heavy (non-hydrogen) atoms. The van der Waals surface area contributed by atoms with Crippen LogP contribution in [0.1, 0.15) is 5.56 Å². The van der Waals surface area contributed by atoms with E-state index in [4.69, 9.17) is 5.73 Å². The number of benzene rings is 2. The Hall–Kier alpha value is -2.35. The SMILES string of the molecule is Cc1cc(-c2cccc[nH+]2)c(N)c2ccccc12. The van der Waals surface area contributed by atoms with E-state index in [1.54, 1.807) is 0 Å². The number of pyridine rings is 1. The van der Waals surface area contributed by atoms with E-state index in [0.717, 1.165) is 22.3 Å². The standard InChI is InChI=1S/C16H14N2/c1-11-10-14(15-8-4-5-9-18-15)16(17)13-7-3-2-6-12(11)13/h2-10H,17H2,1H3/p+1. The predicted octanol–water partition coefficient (Wildman–Crippen LogP) is 3.21. The highest BCUT2D eigenvalue weighted by Crippen LogP contribution is 2.32. The molecule has 1 aromatic heterocycles. The summed E-state index contributed by atoms with van der Waals surface area (Å²) in [7, 11) is 0. The van der Waals surface area contributed by atoms with Gasteiger partial charge in [0.2, 0.25) is 5.69 Å². The zero-order valence-corrected chi connectivity index (χ0v) is 10.3. The van der Waals surface area contributed by atoms with E-state index < -0.39 is 0 Å². The lowest BCUT2D eigenvalue weighted by Crippen LogP contribution is -2.06. The molecule has 0 aliphatic carbocycles. The minimum atomic E-state index is 0.832. The van der Waals surface area contributed by atoms with Crippen molar-refractivity contribution in [2.45, 2.75) is 6.92 Å². The lowest BCUT2D eigenvalue weighted by atomic mass is 9.97. The Morgan fingerprint density at radius 3 is 2.39 bits per heavy atom. The highest BCUT2D eigenvalue weighted by Gasteiger charge is 2.12. The quantitative estimate of drug-likeness (QED) is 0.646. The number of nitrogen functional groups attached to an aromatic ring is 1. The number of aromatic nitrogens is 1. The van der Waals surface area contributed by atoms with Crippen LogP contribution in [0.3, 0.4) is 0 Å². The van der Waals surface area contributed by atoms with Gasteiger partial charge in [-0.2, -0.15) is 0 Å². The van der Waals surface area contributed by atoms with Gasteiger partial charge in [0.25, 0.3) is 0 Å². The van der Waals surface area contributed by atoms with Gasteiger partial charge in [0, 0.05) is 17.5 Å². The summed E-state index contributed by atoms with van der Waals surface area (Å²) in [5.41, 5.74) is 10.5. The lowest BCUT2D eigenvalue weighted by Gasteiger charge is -2.09. The first-order chi connectivity index (χ1) is 8.77. The molecule has 3 rings (SSSR count). The second kappa shape index (κ2) is 4.15. The van der Waals surface area contributed by atoms with Gasteiger partial charge in [-0.3, -0.25) is 0 Å². The maximum absolute atomic E-state index is 6.30. The van der Waals surface area contributed by atoms with Gasteiger partial charge in [-0.05, 0) is 30.0 Å². The Morgan fingerprint density at radius 1 is 0.944 bits per heavy atom. The molecule has 0 unspecified atom stereocenters. The molecule has 0 amide bonds. The molecule has 0 aliphatic heterocycles. The number of hydrogen-bond donors (Lipinski definition) is 1. The average Bonchev–Trinajstić information content (AvgIpc) is 2.44. The summed E-state index contributed by atoms with van der Waals surface area (Å²) in [6.07, 6.45) is 1.92. The highest BCUT2D eigenvalue weighted by molar-refractivity contribution is 6.01. The van der Waals surface area contributed by atoms with Crippen molar-refractivity contribution in [1.29, 1.82) is 0 Å². The van der Waals surface area contributed by atoms with Gasteiger partial charge in [-0.1, -0.05) is 24.3 Å². The molecular formula is C16H15N2+. The van der Waals surface area contributed by atoms with Gasteiger partial charge in [0.1, 0.15) is 0 Å². The third-order valence-electron chi connectivity index (χ3n) is 3.29. The first-order valence-electron chi connectivity index (χ1n) is 6.02. The number of aryl methyl sites for hydroxylation is 1. The smallest absolute Gasteiger partial charge is 0.212 e. The van der Waals surface area contributed by atoms with E-state index in [0.29, 0.717) is 0 Å². The van der Waals surface area contributed by atoms with Crippen LogP contribution in [0.25, 0.3) is 22.0 Å². The van der Waals surface area contributed by atoms with Crippen molar-refractivity contribution in [3.63, 3.8) is 0 Å². The summed E-state index contributed by atoms with van der Waals surface area (Å²) in [5.74, 6) is 0. The van der Waals surface area contributed by atoms with Gasteiger partial charge >= 0.3 is 0 Å². The summed E-state index contributed by atoms with van der Waals surface area (Å²) in [6.45, 7) is 2.12. The van der Waals surface area contributed by atoms with Crippen molar-refractivity contribution in [2.24, 2.45) is 0 Å². The number of H-pyrrole nitrogens is 1. The fraction of sp³-hybridized carbons (Fsp3) is 0.0625. The largest absolute Gasteiger partial charge is 0.398 e. The van der Waals surface area contributed by atoms with Crippen molar-refractivity contribution in [3.05, 3.63) is 60.3 Å². The third kappa shape index (κ3) is 1.63. The van der Waals surface area contributed by atoms with Gasteiger partial charge in [-0.25, -0.2) is 4.98 Å². The first-order valence-corrected chi connectivity index (χ1v) is 6.02. The Kier molecular flexibility index (Phi) is 2.49. The number of nitrogens with two attached hydrogens (primary N) is 1. The normalized spacial score (nSPS) is 10.7. The van der Waals surface area contributed by atoms with Crippen molar-refractivity contribution < 1.29 is 4.98 Å². The van der Waals surface area contributed by atoms with E-state index in [1.165, 1.54) is 10.9 Å². The van der Waals surface area contributed by atoms with E-state index in [9.17, 15) is 0 Å². The molecule has 3 N–H and O–H groups in total. The maximum Gasteiger partial charge on any atom is 0.212 e. The molecule has 0 fully saturated rings. The van der Waals surface area contributed by atoms with Crippen LogP contribution in [0.4, 0.5) is 5.69 Å². The maximum atomic E-state index is 6.30. The third-order valence-corrected chi connectivity index (χ3v) is 3.29. The Morgan fingerprint density at radius 2 is 1.67 bits per heavy atom. The van der Waals surface area contributed by atoms with Crippen molar-refractivity contribution in [2.75, 3.05) is 5.73 Å². The molecule has 0 saturated heterocycles. The van der Waals surface area contributed by atoms with Gasteiger partial charge in [0.05, 0.1) is 11.3 Å². The topological polar surface area (TPSA) is 40.2 Å². The lowest BCUT2D eigenvalue weighted by molar-refractivity contribution is -0.364. The fourth-order valence-corrected chi connectivity index (χ4v) is 2.36. The average molecular weight is 235 g/mol. The molecule has 1 heterocycles. The molecule has 0 atom stereocenters. The summed E-state index contributed by atoms with van der Waals surface area (Å²) in [4.78, 5) is 3.24. The first kappa shape index (κ1) is 10.8. The van der Waals surface area contributed by atoms with Crippen LogP contribution in [-0.4, -0.2) is 0 Å². The van der Waals surface area contributed by atoms with Gasteiger partial charge in [0.15, 0.2) is 6.20 Å². The molecule has 0 bridgehead atoms. The molecule has 3 aromatic rings. The Bertz CT molecular complexity index is 703. The minimum Gasteiger partial charge on any atom is -0.398 e. The van der Waals surface area contributed by atoms with Gasteiger partial charge in [-0.15, -0.1) is 0 Å². The fourth-order valence-electron chi connectivity index (χ4n) is 2.36. The molecule has 2 nitrogen and oxygen atoms in total. The molecule has 2 aromatic carbocycles. The molecule has 88 valence electrons. The summed E-state index contributed by atoms with van der Waals surface area (Å²) >= 11 is 0. The molecular weight excluding hydrogens is 220 g/mol. The van der Waals surface area contributed by atoms with Crippen LogP contribution in [0.5, 0.6) is 0 Å². The van der Waals surface area contributed by atoms with Crippen LogP contribution in [0.2, 0.25) is 0 Å². The van der Waals surface area contributed by atoms with Crippen LogP contribution >= 0.6 is 0 Å². The number of anilines is 1. The molecule has 0 radical (unpaired) electrons. The predicted molar refractivity (Wildman–Crippen MR) is 75.1 cm³/mol. The number of fused-ring (bicyclic) bond motifs is 1. The summed E-state index contributed by atoms with van der Waals surface area (Å²) in [6, 6.07) is 16.4. The van der Waals surface area contributed by atoms with Crippen LogP contribution in [0.15, 0.2) is 54.7 Å². The monoisotopic (exact) mass is 235 g/mol. The molecule has 0 aliphatic rings. The summed E-state index contributed by atoms with van der Waals surface area (Å²) < 4.78 is 0. The van der Waals surface area contributed by atoms with Gasteiger partial charge < -0.3 is 5.73 Å². The van der Waals surface area contributed by atoms with E-state index >= 15 is 0 Å². The molecule has 2 heteroatoms. The number of aromatic amines is 1. The zero-order valence-electron chi connectivity index (χ0n) is 10.3. The highest BCUT2D eigenvalue weighted by atomic mass is 14.7. The second-order valence-corrected chi connectivity index (χ2v) is 4.48. The Balaban J connectivity index is 2.35. The second-order valence-electron chi connectivity index (χ2n) is 4.48. The van der Waals surface area contributed by atoms with Crippen molar-refractivity contribution >= 4 is 16.5 Å². The van der Waals surface area contributed by atoms with Crippen molar-refractivity contribution in [1.82, 2.24) is 0 Å². The number of rotatable bonds is 1. The zero-order chi connectivity index (χ0) is 12.5. The Labute approximate surface area is 106 Å². The molecule has 0 spiro atoms. The minimum absolute atomic E-state index is 0.832. The van der Waals surface area contributed by atoms with E-state index in [1.807, 2.05) is 36.5 Å². The van der Waals surface area contributed by atoms with Crippen LogP contribution in [0, 0.1) is 6.92 Å². The van der Waals surface area contributed by atoms with Crippen LogP contribution < -0.4 is 10.7 Å².